The van der Waals surface area contributed by atoms with Gasteiger partial charge in [0.1, 0.15) is 11.6 Å². The van der Waals surface area contributed by atoms with Crippen molar-refractivity contribution in [1.82, 2.24) is 5.32 Å². The van der Waals surface area contributed by atoms with Gasteiger partial charge in [-0.05, 0) is 47.2 Å². The predicted molar refractivity (Wildman–Crippen MR) is 78.4 cm³/mol. The quantitative estimate of drug-likeness (QED) is 0.864. The van der Waals surface area contributed by atoms with Crippen LogP contribution in [0.2, 0.25) is 5.02 Å². The minimum absolute atomic E-state index is 0.325. The number of halogens is 3. The molecule has 0 heterocycles. The van der Waals surface area contributed by atoms with E-state index in [1.807, 2.05) is 19.2 Å². The highest BCUT2D eigenvalue weighted by molar-refractivity contribution is 9.10. The molecule has 0 aliphatic heterocycles. The van der Waals surface area contributed by atoms with Crippen molar-refractivity contribution >= 4 is 27.5 Å². The van der Waals surface area contributed by atoms with Crippen LogP contribution in [-0.4, -0.2) is 7.05 Å². The number of nitrogens with one attached hydrogen (secondary N) is 1. The molecule has 2 aromatic carbocycles. The monoisotopic (exact) mass is 343 g/mol. The Kier molecular flexibility index (Phi) is 4.80. The van der Waals surface area contributed by atoms with E-state index < -0.39 is 0 Å². The van der Waals surface area contributed by atoms with Crippen molar-refractivity contribution in [2.75, 3.05) is 7.05 Å². The standard InChI is InChI=1S/C14H12BrClFNO/c1-18-8-9-3-2-4-12(16)14(9)19-13-6-5-10(17)7-11(13)15/h2-7,18H,8H2,1H3. The molecular formula is C14H12BrClFNO. The lowest BCUT2D eigenvalue weighted by Crippen LogP contribution is -2.06. The third-order valence-electron chi connectivity index (χ3n) is 2.52. The summed E-state index contributed by atoms with van der Waals surface area (Å²) in [6, 6.07) is 9.80. The number of para-hydroxylation sites is 1. The first-order chi connectivity index (χ1) is 9.11. The van der Waals surface area contributed by atoms with Crippen LogP contribution in [0.25, 0.3) is 0 Å². The van der Waals surface area contributed by atoms with Gasteiger partial charge < -0.3 is 10.1 Å². The smallest absolute Gasteiger partial charge is 0.150 e. The van der Waals surface area contributed by atoms with Crippen molar-refractivity contribution in [2.24, 2.45) is 0 Å². The fraction of sp³-hybridized carbons (Fsp3) is 0.143. The van der Waals surface area contributed by atoms with E-state index in [4.69, 9.17) is 16.3 Å². The Hall–Kier alpha value is -1.10. The van der Waals surface area contributed by atoms with Gasteiger partial charge in [0.2, 0.25) is 0 Å². The van der Waals surface area contributed by atoms with Gasteiger partial charge in [0.15, 0.2) is 5.75 Å². The normalized spacial score (nSPS) is 10.5. The maximum atomic E-state index is 13.0. The number of hydrogen-bond donors (Lipinski definition) is 1. The van der Waals surface area contributed by atoms with Gasteiger partial charge in [0, 0.05) is 12.1 Å². The molecule has 5 heteroatoms. The van der Waals surface area contributed by atoms with Gasteiger partial charge in [0.25, 0.3) is 0 Å². The number of hydrogen-bond acceptors (Lipinski definition) is 2. The number of ether oxygens (including phenoxy) is 1. The maximum absolute atomic E-state index is 13.0. The van der Waals surface area contributed by atoms with Crippen LogP contribution in [0.5, 0.6) is 11.5 Å². The number of benzene rings is 2. The first-order valence-electron chi connectivity index (χ1n) is 5.66. The predicted octanol–water partition coefficient (Wildman–Crippen LogP) is 4.75. The molecule has 0 aliphatic rings. The molecule has 0 unspecified atom stereocenters. The largest absolute Gasteiger partial charge is 0.454 e. The minimum atomic E-state index is -0.325. The Morgan fingerprint density at radius 3 is 2.79 bits per heavy atom. The summed E-state index contributed by atoms with van der Waals surface area (Å²) < 4.78 is 19.4. The van der Waals surface area contributed by atoms with Crippen molar-refractivity contribution in [3.63, 3.8) is 0 Å². The lowest BCUT2D eigenvalue weighted by molar-refractivity contribution is 0.469. The number of rotatable bonds is 4. The van der Waals surface area contributed by atoms with Crippen LogP contribution < -0.4 is 10.1 Å². The van der Waals surface area contributed by atoms with E-state index in [1.54, 1.807) is 12.1 Å². The van der Waals surface area contributed by atoms with Gasteiger partial charge in [-0.25, -0.2) is 4.39 Å². The van der Waals surface area contributed by atoms with Gasteiger partial charge in [0.05, 0.1) is 9.50 Å². The molecule has 2 aromatic rings. The Bertz CT molecular complexity index is 592. The van der Waals surface area contributed by atoms with Crippen LogP contribution >= 0.6 is 27.5 Å². The highest BCUT2D eigenvalue weighted by Gasteiger charge is 2.11. The first-order valence-corrected chi connectivity index (χ1v) is 6.84. The molecule has 0 aliphatic carbocycles. The highest BCUT2D eigenvalue weighted by atomic mass is 79.9. The lowest BCUT2D eigenvalue weighted by Gasteiger charge is -2.13. The average molecular weight is 345 g/mol. The fourth-order valence-corrected chi connectivity index (χ4v) is 2.33. The third kappa shape index (κ3) is 3.47. The van der Waals surface area contributed by atoms with Gasteiger partial charge in [-0.1, -0.05) is 23.7 Å². The Balaban J connectivity index is 2.37. The van der Waals surface area contributed by atoms with E-state index in [0.717, 1.165) is 5.56 Å². The summed E-state index contributed by atoms with van der Waals surface area (Å²) in [4.78, 5) is 0. The molecular weight excluding hydrogens is 333 g/mol. The summed E-state index contributed by atoms with van der Waals surface area (Å²) in [7, 11) is 1.85. The van der Waals surface area contributed by atoms with Crippen LogP contribution in [-0.2, 0) is 6.54 Å². The summed E-state index contributed by atoms with van der Waals surface area (Å²) >= 11 is 9.43. The zero-order valence-corrected chi connectivity index (χ0v) is 12.6. The van der Waals surface area contributed by atoms with E-state index in [0.29, 0.717) is 27.5 Å². The molecule has 19 heavy (non-hydrogen) atoms. The molecule has 0 radical (unpaired) electrons. The van der Waals surface area contributed by atoms with Gasteiger partial charge >= 0.3 is 0 Å². The second kappa shape index (κ2) is 6.37. The minimum Gasteiger partial charge on any atom is -0.454 e. The van der Waals surface area contributed by atoms with E-state index >= 15 is 0 Å². The molecule has 0 spiro atoms. The zero-order valence-electron chi connectivity index (χ0n) is 10.2. The maximum Gasteiger partial charge on any atom is 0.150 e. The second-order valence-electron chi connectivity index (χ2n) is 3.94. The highest BCUT2D eigenvalue weighted by Crippen LogP contribution is 2.36. The first kappa shape index (κ1) is 14.3. The summed E-state index contributed by atoms with van der Waals surface area (Å²) in [5.41, 5.74) is 0.936. The second-order valence-corrected chi connectivity index (χ2v) is 5.20. The molecule has 0 atom stereocenters. The van der Waals surface area contributed by atoms with Gasteiger partial charge in [-0.3, -0.25) is 0 Å². The summed E-state index contributed by atoms with van der Waals surface area (Å²) in [5.74, 6) is 0.770. The zero-order chi connectivity index (χ0) is 13.8. The lowest BCUT2D eigenvalue weighted by atomic mass is 10.2. The van der Waals surface area contributed by atoms with E-state index in [2.05, 4.69) is 21.2 Å². The van der Waals surface area contributed by atoms with Crippen molar-refractivity contribution in [2.45, 2.75) is 6.54 Å². The van der Waals surface area contributed by atoms with Crippen LogP contribution in [0, 0.1) is 5.82 Å². The summed E-state index contributed by atoms with van der Waals surface area (Å²) in [6.07, 6.45) is 0. The summed E-state index contributed by atoms with van der Waals surface area (Å²) in [5, 5.41) is 3.57. The fourth-order valence-electron chi connectivity index (χ4n) is 1.67. The van der Waals surface area contributed by atoms with Crippen molar-refractivity contribution < 1.29 is 9.13 Å². The average Bonchev–Trinajstić information content (AvgIpc) is 2.36. The molecule has 0 aromatic heterocycles. The Labute approximate surface area is 124 Å². The van der Waals surface area contributed by atoms with Crippen molar-refractivity contribution in [3.05, 3.63) is 57.3 Å². The third-order valence-corrected chi connectivity index (χ3v) is 3.44. The molecule has 2 nitrogen and oxygen atoms in total. The molecule has 100 valence electrons. The van der Waals surface area contributed by atoms with E-state index in [-0.39, 0.29) is 5.82 Å². The Morgan fingerprint density at radius 1 is 1.32 bits per heavy atom. The molecule has 0 saturated carbocycles. The molecule has 2 rings (SSSR count). The molecule has 0 bridgehead atoms. The molecule has 0 saturated heterocycles. The Morgan fingerprint density at radius 2 is 2.11 bits per heavy atom. The van der Waals surface area contributed by atoms with Crippen LogP contribution in [0.4, 0.5) is 4.39 Å². The van der Waals surface area contributed by atoms with E-state index in [9.17, 15) is 4.39 Å². The van der Waals surface area contributed by atoms with E-state index in [1.165, 1.54) is 12.1 Å². The molecule has 0 amide bonds. The SMILES string of the molecule is CNCc1cccc(Cl)c1Oc1ccc(F)cc1Br. The topological polar surface area (TPSA) is 21.3 Å². The van der Waals surface area contributed by atoms with Gasteiger partial charge in [-0.2, -0.15) is 0 Å². The summed E-state index contributed by atoms with van der Waals surface area (Å²) in [6.45, 7) is 0.634. The van der Waals surface area contributed by atoms with Crippen LogP contribution in [0.1, 0.15) is 5.56 Å². The van der Waals surface area contributed by atoms with Crippen molar-refractivity contribution in [1.29, 1.82) is 0 Å². The molecule has 0 fully saturated rings. The van der Waals surface area contributed by atoms with Crippen LogP contribution in [0.3, 0.4) is 0 Å². The van der Waals surface area contributed by atoms with Crippen LogP contribution in [0.15, 0.2) is 40.9 Å². The van der Waals surface area contributed by atoms with Crippen molar-refractivity contribution in [3.8, 4) is 11.5 Å². The van der Waals surface area contributed by atoms with Gasteiger partial charge in [-0.15, -0.1) is 0 Å². The molecule has 1 N–H and O–H groups in total.